The molecule has 0 radical (unpaired) electrons. The van der Waals surface area contributed by atoms with Gasteiger partial charge in [-0.1, -0.05) is 6.08 Å². The lowest BCUT2D eigenvalue weighted by atomic mass is 9.89. The lowest BCUT2D eigenvalue weighted by Crippen LogP contribution is -2.47. The van der Waals surface area contributed by atoms with E-state index in [-0.39, 0.29) is 5.69 Å². The Kier molecular flexibility index (Phi) is 3.14. The van der Waals surface area contributed by atoms with Crippen molar-refractivity contribution < 1.29 is 9.90 Å². The molecule has 1 aliphatic heterocycles. The fraction of sp³-hybridized carbons (Fsp3) is 0.571. The number of carbonyl (C=O) groups is 1. The van der Waals surface area contributed by atoms with Gasteiger partial charge in [0.05, 0.1) is 6.54 Å². The van der Waals surface area contributed by atoms with Crippen LogP contribution in [0.1, 0.15) is 34.6 Å². The molecule has 19 heavy (non-hydrogen) atoms. The van der Waals surface area contributed by atoms with Crippen molar-refractivity contribution in [1.29, 1.82) is 0 Å². The second-order valence-electron chi connectivity index (χ2n) is 5.34. The quantitative estimate of drug-likeness (QED) is 0.831. The summed E-state index contributed by atoms with van der Waals surface area (Å²) in [7, 11) is 0. The lowest BCUT2D eigenvalue weighted by Gasteiger charge is -2.40. The molecule has 0 amide bonds. The van der Waals surface area contributed by atoms with Gasteiger partial charge in [-0.3, -0.25) is 9.58 Å². The number of fused-ring (bicyclic) bond motifs is 1. The standard InChI is InChI=1S/C14H19N3O2/c1-2-6-17-12-5-4-10(16-7-3-8-16)9-11(12)13(15-17)14(18)19/h2,10H,1,3-9H2,(H,18,19)/t10-/m1/s1. The van der Waals surface area contributed by atoms with Crippen molar-refractivity contribution in [2.24, 2.45) is 0 Å². The summed E-state index contributed by atoms with van der Waals surface area (Å²) in [6, 6.07) is 0.501. The Morgan fingerprint density at radius 2 is 2.32 bits per heavy atom. The number of likely N-dealkylation sites (tertiary alicyclic amines) is 1. The molecule has 1 atom stereocenters. The fourth-order valence-electron chi connectivity index (χ4n) is 3.13. The normalized spacial score (nSPS) is 22.6. The van der Waals surface area contributed by atoms with Gasteiger partial charge in [0, 0.05) is 17.3 Å². The van der Waals surface area contributed by atoms with Crippen molar-refractivity contribution in [3.63, 3.8) is 0 Å². The molecule has 1 aliphatic carbocycles. The van der Waals surface area contributed by atoms with E-state index < -0.39 is 5.97 Å². The molecule has 1 N–H and O–H groups in total. The van der Waals surface area contributed by atoms with Gasteiger partial charge in [-0.15, -0.1) is 6.58 Å². The number of aromatic nitrogens is 2. The summed E-state index contributed by atoms with van der Waals surface area (Å²) < 4.78 is 1.80. The van der Waals surface area contributed by atoms with Gasteiger partial charge >= 0.3 is 5.97 Å². The average molecular weight is 261 g/mol. The van der Waals surface area contributed by atoms with Crippen LogP contribution in [0.4, 0.5) is 0 Å². The van der Waals surface area contributed by atoms with Crippen molar-refractivity contribution in [1.82, 2.24) is 14.7 Å². The summed E-state index contributed by atoms with van der Waals surface area (Å²) in [5, 5.41) is 13.5. The van der Waals surface area contributed by atoms with Gasteiger partial charge < -0.3 is 5.11 Å². The summed E-state index contributed by atoms with van der Waals surface area (Å²) >= 11 is 0. The summed E-state index contributed by atoms with van der Waals surface area (Å²) in [6.07, 6.45) is 5.89. The van der Waals surface area contributed by atoms with Crippen LogP contribution in [0.3, 0.4) is 0 Å². The van der Waals surface area contributed by atoms with Gasteiger partial charge in [-0.25, -0.2) is 4.79 Å². The molecule has 1 aromatic rings. The Hall–Kier alpha value is -1.62. The highest BCUT2D eigenvalue weighted by Gasteiger charge is 2.33. The van der Waals surface area contributed by atoms with Crippen LogP contribution < -0.4 is 0 Å². The Balaban J connectivity index is 1.92. The zero-order chi connectivity index (χ0) is 13.4. The second-order valence-corrected chi connectivity index (χ2v) is 5.34. The number of carboxylic acids is 1. The van der Waals surface area contributed by atoms with Crippen LogP contribution in [-0.4, -0.2) is 44.9 Å². The number of allylic oxidation sites excluding steroid dienone is 1. The highest BCUT2D eigenvalue weighted by Crippen LogP contribution is 2.29. The number of hydrogen-bond donors (Lipinski definition) is 1. The van der Waals surface area contributed by atoms with Gasteiger partial charge in [-0.2, -0.15) is 5.10 Å². The minimum Gasteiger partial charge on any atom is -0.476 e. The minimum atomic E-state index is -0.914. The molecule has 2 aliphatic rings. The molecule has 0 spiro atoms. The Morgan fingerprint density at radius 3 is 2.89 bits per heavy atom. The lowest BCUT2D eigenvalue weighted by molar-refractivity contribution is 0.0686. The number of hydrogen-bond acceptors (Lipinski definition) is 3. The molecular weight excluding hydrogens is 242 g/mol. The number of nitrogens with zero attached hydrogens (tertiary/aromatic N) is 3. The van der Waals surface area contributed by atoms with Gasteiger partial charge in [0.25, 0.3) is 0 Å². The van der Waals surface area contributed by atoms with Crippen molar-refractivity contribution in [3.8, 4) is 0 Å². The van der Waals surface area contributed by atoms with Crippen LogP contribution in [-0.2, 0) is 19.4 Å². The summed E-state index contributed by atoms with van der Waals surface area (Å²) in [6.45, 7) is 6.61. The molecule has 0 saturated carbocycles. The van der Waals surface area contributed by atoms with Gasteiger partial charge in [0.15, 0.2) is 5.69 Å². The maximum atomic E-state index is 11.3. The van der Waals surface area contributed by atoms with Crippen molar-refractivity contribution in [2.75, 3.05) is 13.1 Å². The Morgan fingerprint density at radius 1 is 1.53 bits per heavy atom. The predicted molar refractivity (Wildman–Crippen MR) is 71.4 cm³/mol. The third-order valence-electron chi connectivity index (χ3n) is 4.23. The summed E-state index contributed by atoms with van der Waals surface area (Å²) in [5.41, 5.74) is 2.27. The number of carboxylic acid groups (broad SMARTS) is 1. The highest BCUT2D eigenvalue weighted by atomic mass is 16.4. The first-order valence-electron chi connectivity index (χ1n) is 6.87. The molecule has 2 heterocycles. The van der Waals surface area contributed by atoms with E-state index in [4.69, 9.17) is 0 Å². The van der Waals surface area contributed by atoms with E-state index >= 15 is 0 Å². The number of rotatable bonds is 4. The second kappa shape index (κ2) is 4.81. The van der Waals surface area contributed by atoms with E-state index in [2.05, 4.69) is 16.6 Å². The maximum Gasteiger partial charge on any atom is 0.356 e. The molecular formula is C14H19N3O2. The third kappa shape index (κ3) is 2.08. The van der Waals surface area contributed by atoms with Gasteiger partial charge in [-0.05, 0) is 38.8 Å². The van der Waals surface area contributed by atoms with E-state index in [1.165, 1.54) is 6.42 Å². The van der Waals surface area contributed by atoms with E-state index in [9.17, 15) is 9.90 Å². The largest absolute Gasteiger partial charge is 0.476 e. The van der Waals surface area contributed by atoms with E-state index in [0.717, 1.165) is 43.6 Å². The molecule has 0 aromatic carbocycles. The monoisotopic (exact) mass is 261 g/mol. The molecule has 0 bridgehead atoms. The summed E-state index contributed by atoms with van der Waals surface area (Å²) in [5.74, 6) is -0.914. The van der Waals surface area contributed by atoms with Crippen LogP contribution in [0.2, 0.25) is 0 Å². The van der Waals surface area contributed by atoms with Gasteiger partial charge in [0.1, 0.15) is 0 Å². The molecule has 1 fully saturated rings. The van der Waals surface area contributed by atoms with Crippen molar-refractivity contribution in [3.05, 3.63) is 29.6 Å². The van der Waals surface area contributed by atoms with Crippen LogP contribution in [0, 0.1) is 0 Å². The van der Waals surface area contributed by atoms with Crippen LogP contribution in [0.5, 0.6) is 0 Å². The predicted octanol–water partition coefficient (Wildman–Crippen LogP) is 1.33. The SMILES string of the molecule is C=CCn1nc(C(=O)O)c2c1CC[C@@H](N1CCC1)C2. The van der Waals surface area contributed by atoms with E-state index in [0.29, 0.717) is 12.6 Å². The number of aromatic carboxylic acids is 1. The van der Waals surface area contributed by atoms with Crippen LogP contribution in [0.15, 0.2) is 12.7 Å². The smallest absolute Gasteiger partial charge is 0.356 e. The maximum absolute atomic E-state index is 11.3. The van der Waals surface area contributed by atoms with Gasteiger partial charge in [0.2, 0.25) is 0 Å². The molecule has 102 valence electrons. The zero-order valence-corrected chi connectivity index (χ0v) is 11.0. The first kappa shape index (κ1) is 12.4. The molecule has 3 rings (SSSR count). The molecule has 5 nitrogen and oxygen atoms in total. The summed E-state index contributed by atoms with van der Waals surface area (Å²) in [4.78, 5) is 13.8. The Labute approximate surface area is 112 Å². The highest BCUT2D eigenvalue weighted by molar-refractivity contribution is 5.87. The third-order valence-corrected chi connectivity index (χ3v) is 4.23. The Bertz CT molecular complexity index is 517. The molecule has 5 heteroatoms. The fourth-order valence-corrected chi connectivity index (χ4v) is 3.13. The van der Waals surface area contributed by atoms with Crippen molar-refractivity contribution >= 4 is 5.97 Å². The first-order chi connectivity index (χ1) is 9.20. The zero-order valence-electron chi connectivity index (χ0n) is 11.0. The minimum absolute atomic E-state index is 0.238. The van der Waals surface area contributed by atoms with Crippen molar-refractivity contribution in [2.45, 2.75) is 38.3 Å². The average Bonchev–Trinajstić information content (AvgIpc) is 2.66. The van der Waals surface area contributed by atoms with Crippen LogP contribution in [0.25, 0.3) is 0 Å². The molecule has 0 unspecified atom stereocenters. The van der Waals surface area contributed by atoms with Crippen LogP contribution >= 0.6 is 0 Å². The molecule has 1 aromatic heterocycles. The molecule has 1 saturated heterocycles. The van der Waals surface area contributed by atoms with E-state index in [1.807, 2.05) is 0 Å². The topological polar surface area (TPSA) is 58.4 Å². The first-order valence-corrected chi connectivity index (χ1v) is 6.87. The van der Waals surface area contributed by atoms with E-state index in [1.54, 1.807) is 10.8 Å².